The molecule has 1 aliphatic heterocycles. The van der Waals surface area contributed by atoms with E-state index in [0.717, 1.165) is 56.1 Å². The second-order valence-electron chi connectivity index (χ2n) is 7.08. The van der Waals surface area contributed by atoms with Gasteiger partial charge in [0.05, 0.1) is 31.6 Å². The maximum atomic E-state index is 12.8. The number of rotatable bonds is 9. The number of amides is 1. The molecule has 0 aliphatic carbocycles. The number of fused-ring (bicyclic) bond motifs is 1. The van der Waals surface area contributed by atoms with Crippen LogP contribution in [0, 0.1) is 0 Å². The van der Waals surface area contributed by atoms with Gasteiger partial charge in [-0.25, -0.2) is 0 Å². The molecule has 1 fully saturated rings. The van der Waals surface area contributed by atoms with Gasteiger partial charge in [0.15, 0.2) is 5.58 Å². The molecule has 1 saturated heterocycles. The summed E-state index contributed by atoms with van der Waals surface area (Å²) in [6, 6.07) is 13.5. The molecule has 0 saturated carbocycles. The molecule has 3 heterocycles. The number of carbonyl (C=O) groups is 1. The number of para-hydroxylation sites is 1. The summed E-state index contributed by atoms with van der Waals surface area (Å²) in [5, 5.41) is 3.04. The Bertz CT molecular complexity index is 913. The number of nitrogens with one attached hydrogen (secondary N) is 1. The average molecular weight is 397 g/mol. The third-order valence-corrected chi connectivity index (χ3v) is 5.11. The van der Waals surface area contributed by atoms with E-state index in [4.69, 9.17) is 13.9 Å². The van der Waals surface area contributed by atoms with Gasteiger partial charge in [-0.2, -0.15) is 0 Å². The summed E-state index contributed by atoms with van der Waals surface area (Å²) in [4.78, 5) is 15.1. The summed E-state index contributed by atoms with van der Waals surface area (Å²) < 4.78 is 18.7. The Labute approximate surface area is 170 Å². The van der Waals surface area contributed by atoms with E-state index in [1.165, 1.54) is 0 Å². The number of hydrogen-bond acceptors (Lipinski definition) is 5. The summed E-state index contributed by atoms with van der Waals surface area (Å²) in [5.41, 5.74) is 2.29. The fourth-order valence-corrected chi connectivity index (χ4v) is 3.58. The molecular formula is C22H27N3O4. The molecule has 0 atom stereocenters. The van der Waals surface area contributed by atoms with Crippen molar-refractivity contribution >= 4 is 17.0 Å². The van der Waals surface area contributed by atoms with Crippen LogP contribution in [-0.2, 0) is 11.3 Å². The summed E-state index contributed by atoms with van der Waals surface area (Å²) >= 11 is 0. The Morgan fingerprint density at radius 2 is 1.93 bits per heavy atom. The number of furan rings is 1. The van der Waals surface area contributed by atoms with Crippen molar-refractivity contribution in [3.05, 3.63) is 54.4 Å². The standard InChI is InChI=1S/C22H27N3O4/c26-22(23-8-10-24-11-15-27-16-12-24)20-17-21-19(7-14-29-21)25(20)9-4-13-28-18-5-2-1-3-6-18/h1-3,5-7,14,17H,4,8-13,15-16H2,(H,23,26). The molecule has 3 aromatic rings. The Kier molecular flexibility index (Phi) is 6.49. The zero-order valence-electron chi connectivity index (χ0n) is 16.5. The van der Waals surface area contributed by atoms with Crippen molar-refractivity contribution in [2.45, 2.75) is 13.0 Å². The quantitative estimate of drug-likeness (QED) is 0.563. The minimum atomic E-state index is -0.0753. The molecule has 4 rings (SSSR count). The van der Waals surface area contributed by atoms with Crippen LogP contribution in [-0.4, -0.2) is 61.4 Å². The molecule has 29 heavy (non-hydrogen) atoms. The minimum Gasteiger partial charge on any atom is -0.494 e. The molecule has 0 bridgehead atoms. The third kappa shape index (κ3) is 4.99. The fraction of sp³-hybridized carbons (Fsp3) is 0.409. The third-order valence-electron chi connectivity index (χ3n) is 5.11. The lowest BCUT2D eigenvalue weighted by Crippen LogP contribution is -2.41. The summed E-state index contributed by atoms with van der Waals surface area (Å²) in [5.74, 6) is 0.781. The van der Waals surface area contributed by atoms with Crippen molar-refractivity contribution in [2.75, 3.05) is 46.0 Å². The number of nitrogens with zero attached hydrogens (tertiary/aromatic N) is 2. The van der Waals surface area contributed by atoms with Crippen molar-refractivity contribution in [3.8, 4) is 5.75 Å². The Morgan fingerprint density at radius 3 is 2.76 bits per heavy atom. The van der Waals surface area contributed by atoms with Crippen LogP contribution in [0.15, 0.2) is 53.1 Å². The molecule has 1 N–H and O–H groups in total. The van der Waals surface area contributed by atoms with E-state index in [1.807, 2.05) is 47.0 Å². The molecule has 7 nitrogen and oxygen atoms in total. The van der Waals surface area contributed by atoms with Crippen LogP contribution < -0.4 is 10.1 Å². The smallest absolute Gasteiger partial charge is 0.268 e. The van der Waals surface area contributed by atoms with Gasteiger partial charge in [-0.3, -0.25) is 9.69 Å². The van der Waals surface area contributed by atoms with Gasteiger partial charge in [-0.05, 0) is 18.6 Å². The summed E-state index contributed by atoms with van der Waals surface area (Å²) in [6.07, 6.45) is 2.44. The summed E-state index contributed by atoms with van der Waals surface area (Å²) in [6.45, 7) is 6.07. The highest BCUT2D eigenvalue weighted by Crippen LogP contribution is 2.21. The first kappa shape index (κ1) is 19.5. The van der Waals surface area contributed by atoms with Gasteiger partial charge in [-0.15, -0.1) is 0 Å². The molecule has 1 amide bonds. The van der Waals surface area contributed by atoms with Gasteiger partial charge >= 0.3 is 0 Å². The van der Waals surface area contributed by atoms with Gasteiger partial charge in [0, 0.05) is 44.9 Å². The maximum Gasteiger partial charge on any atom is 0.268 e. The first-order valence-corrected chi connectivity index (χ1v) is 10.1. The van der Waals surface area contributed by atoms with Crippen molar-refractivity contribution in [1.82, 2.24) is 14.8 Å². The van der Waals surface area contributed by atoms with Crippen LogP contribution in [0.5, 0.6) is 5.75 Å². The SMILES string of the molecule is O=C(NCCN1CCOCC1)c1cc2occc2n1CCCOc1ccccc1. The molecule has 0 radical (unpaired) electrons. The maximum absolute atomic E-state index is 12.8. The Hall–Kier alpha value is -2.77. The summed E-state index contributed by atoms with van der Waals surface area (Å²) in [7, 11) is 0. The van der Waals surface area contributed by atoms with E-state index in [1.54, 1.807) is 6.26 Å². The van der Waals surface area contributed by atoms with Crippen LogP contribution in [0.25, 0.3) is 11.1 Å². The number of aromatic nitrogens is 1. The highest BCUT2D eigenvalue weighted by molar-refractivity contribution is 5.97. The van der Waals surface area contributed by atoms with Gasteiger partial charge in [-0.1, -0.05) is 18.2 Å². The van der Waals surface area contributed by atoms with Crippen LogP contribution in [0.1, 0.15) is 16.9 Å². The topological polar surface area (TPSA) is 68.9 Å². The Morgan fingerprint density at radius 1 is 1.10 bits per heavy atom. The largest absolute Gasteiger partial charge is 0.494 e. The second-order valence-corrected chi connectivity index (χ2v) is 7.08. The molecule has 1 aliphatic rings. The number of hydrogen-bond donors (Lipinski definition) is 1. The van der Waals surface area contributed by atoms with Gasteiger partial charge in [0.1, 0.15) is 11.4 Å². The van der Waals surface area contributed by atoms with Crippen molar-refractivity contribution in [1.29, 1.82) is 0 Å². The highest BCUT2D eigenvalue weighted by Gasteiger charge is 2.18. The van der Waals surface area contributed by atoms with Crippen molar-refractivity contribution in [2.24, 2.45) is 0 Å². The lowest BCUT2D eigenvalue weighted by atomic mass is 10.3. The molecule has 0 spiro atoms. The van der Waals surface area contributed by atoms with E-state index in [2.05, 4.69) is 10.2 Å². The number of benzene rings is 1. The van der Waals surface area contributed by atoms with E-state index >= 15 is 0 Å². The second kappa shape index (κ2) is 9.62. The number of aryl methyl sites for hydroxylation is 1. The van der Waals surface area contributed by atoms with Crippen molar-refractivity contribution in [3.63, 3.8) is 0 Å². The predicted octanol–water partition coefficient (Wildman–Crippen LogP) is 2.77. The van der Waals surface area contributed by atoms with Crippen LogP contribution in [0.2, 0.25) is 0 Å². The van der Waals surface area contributed by atoms with Crippen molar-refractivity contribution < 1.29 is 18.7 Å². The predicted molar refractivity (Wildman–Crippen MR) is 110 cm³/mol. The van der Waals surface area contributed by atoms with Gasteiger partial charge in [0.2, 0.25) is 0 Å². The average Bonchev–Trinajstić information content (AvgIpc) is 3.35. The zero-order valence-corrected chi connectivity index (χ0v) is 16.5. The molecule has 0 unspecified atom stereocenters. The highest BCUT2D eigenvalue weighted by atomic mass is 16.5. The normalized spacial score (nSPS) is 14.9. The Balaban J connectivity index is 1.33. The van der Waals surface area contributed by atoms with Crippen LogP contribution in [0.3, 0.4) is 0 Å². The minimum absolute atomic E-state index is 0.0753. The van der Waals surface area contributed by atoms with E-state index in [9.17, 15) is 4.79 Å². The van der Waals surface area contributed by atoms with E-state index in [-0.39, 0.29) is 5.91 Å². The lowest BCUT2D eigenvalue weighted by molar-refractivity contribution is 0.0383. The first-order chi connectivity index (χ1) is 14.3. The first-order valence-electron chi connectivity index (χ1n) is 10.1. The van der Waals surface area contributed by atoms with Gasteiger partial charge in [0.25, 0.3) is 5.91 Å². The monoisotopic (exact) mass is 397 g/mol. The lowest BCUT2D eigenvalue weighted by Gasteiger charge is -2.26. The van der Waals surface area contributed by atoms with Crippen LogP contribution in [0.4, 0.5) is 0 Å². The van der Waals surface area contributed by atoms with E-state index < -0.39 is 0 Å². The molecular weight excluding hydrogens is 370 g/mol. The molecule has 2 aromatic heterocycles. The zero-order chi connectivity index (χ0) is 19.9. The van der Waals surface area contributed by atoms with E-state index in [0.29, 0.717) is 25.4 Å². The fourth-order valence-electron chi connectivity index (χ4n) is 3.58. The van der Waals surface area contributed by atoms with Gasteiger partial charge < -0.3 is 23.8 Å². The number of morpholine rings is 1. The molecule has 154 valence electrons. The number of carbonyl (C=O) groups excluding carboxylic acids is 1. The van der Waals surface area contributed by atoms with Crippen LogP contribution >= 0.6 is 0 Å². The molecule has 1 aromatic carbocycles. The number of ether oxygens (including phenoxy) is 2. The molecule has 7 heteroatoms.